The molecule has 38 heavy (non-hydrogen) atoms. The number of nitrogens with one attached hydrogen (secondary N) is 1. The smallest absolute Gasteiger partial charge is 0.247 e. The fourth-order valence-electron chi connectivity index (χ4n) is 6.27. The number of aromatic nitrogens is 2. The van der Waals surface area contributed by atoms with Crippen LogP contribution in [0.5, 0.6) is 0 Å². The first-order valence-corrected chi connectivity index (χ1v) is 17.7. The number of nitrogens with zero attached hydrogens (tertiary/aromatic N) is 1. The van der Waals surface area contributed by atoms with E-state index in [1.807, 2.05) is 0 Å². The zero-order valence-corrected chi connectivity index (χ0v) is 27.0. The third-order valence-corrected chi connectivity index (χ3v) is 8.97. The molecule has 0 aliphatic heterocycles. The second-order valence-corrected chi connectivity index (χ2v) is 13.0. The first-order valence-electron chi connectivity index (χ1n) is 17.7. The van der Waals surface area contributed by atoms with E-state index < -0.39 is 0 Å². The van der Waals surface area contributed by atoms with Crippen molar-refractivity contribution in [3.63, 3.8) is 0 Å². The summed E-state index contributed by atoms with van der Waals surface area (Å²) in [5, 5.41) is 0. The maximum Gasteiger partial charge on any atom is 0.257 e. The predicted octanol–water partition coefficient (Wildman–Crippen LogP) is 12.4. The molecule has 0 radical (unpaired) electrons. The van der Waals surface area contributed by atoms with Crippen LogP contribution in [0.1, 0.15) is 213 Å². The number of imidazole rings is 1. The van der Waals surface area contributed by atoms with E-state index in [0.29, 0.717) is 17.9 Å². The number of hydrogen-bond acceptors (Lipinski definition) is 0. The van der Waals surface area contributed by atoms with Crippen molar-refractivity contribution in [1.82, 2.24) is 4.98 Å². The largest absolute Gasteiger partial charge is 0.257 e. The fraction of sp³-hybridized carbons (Fsp3) is 0.917. The van der Waals surface area contributed by atoms with E-state index in [-0.39, 0.29) is 0 Å². The van der Waals surface area contributed by atoms with Crippen LogP contribution >= 0.6 is 0 Å². The molecule has 1 N–H and O–H groups in total. The lowest BCUT2D eigenvalue weighted by molar-refractivity contribution is -0.727. The van der Waals surface area contributed by atoms with E-state index in [1.165, 1.54) is 166 Å². The lowest BCUT2D eigenvalue weighted by Gasteiger charge is -2.20. The van der Waals surface area contributed by atoms with Crippen molar-refractivity contribution in [2.75, 3.05) is 0 Å². The monoisotopic (exact) mass is 532 g/mol. The van der Waals surface area contributed by atoms with E-state index in [1.54, 1.807) is 0 Å². The van der Waals surface area contributed by atoms with Crippen LogP contribution in [0.4, 0.5) is 0 Å². The summed E-state index contributed by atoms with van der Waals surface area (Å²) in [6.07, 6.45) is 40.1. The summed E-state index contributed by atoms with van der Waals surface area (Å²) >= 11 is 0. The number of rotatable bonds is 28. The van der Waals surface area contributed by atoms with Gasteiger partial charge in [0.1, 0.15) is 12.4 Å². The van der Waals surface area contributed by atoms with Gasteiger partial charge in [0, 0.05) is 0 Å². The van der Waals surface area contributed by atoms with Gasteiger partial charge in [-0.15, -0.1) is 0 Å². The summed E-state index contributed by atoms with van der Waals surface area (Å²) in [5.41, 5.74) is 0. The maximum atomic E-state index is 3.66. The van der Waals surface area contributed by atoms with Gasteiger partial charge in [0.25, 0.3) is 5.82 Å². The minimum atomic E-state index is 0.610. The van der Waals surface area contributed by atoms with E-state index in [2.05, 4.69) is 56.6 Å². The second kappa shape index (κ2) is 25.2. The summed E-state index contributed by atoms with van der Waals surface area (Å²) in [5.74, 6) is 2.84. The maximum absolute atomic E-state index is 3.66. The van der Waals surface area contributed by atoms with Gasteiger partial charge in [-0.2, -0.15) is 0 Å². The van der Waals surface area contributed by atoms with Crippen LogP contribution in [-0.2, 0) is 0 Å². The molecule has 0 bridgehead atoms. The summed E-state index contributed by atoms with van der Waals surface area (Å²) in [6, 6.07) is 0.610. The second-order valence-electron chi connectivity index (χ2n) is 13.0. The van der Waals surface area contributed by atoms with Gasteiger partial charge >= 0.3 is 0 Å². The molecule has 2 nitrogen and oxygen atoms in total. The van der Waals surface area contributed by atoms with Crippen molar-refractivity contribution in [1.29, 1.82) is 0 Å². The lowest BCUT2D eigenvalue weighted by atomic mass is 9.89. The van der Waals surface area contributed by atoms with Crippen molar-refractivity contribution in [3.8, 4) is 0 Å². The van der Waals surface area contributed by atoms with Gasteiger partial charge in [-0.05, 0) is 32.1 Å². The molecule has 0 aromatic carbocycles. The Morgan fingerprint density at radius 2 is 0.895 bits per heavy atom. The number of H-pyrrole nitrogens is 1. The Labute approximate surface area is 240 Å². The average molecular weight is 532 g/mol. The van der Waals surface area contributed by atoms with Crippen molar-refractivity contribution in [3.05, 3.63) is 18.2 Å². The van der Waals surface area contributed by atoms with Crippen molar-refractivity contribution < 1.29 is 4.57 Å². The Bertz CT molecular complexity index is 604. The normalized spacial score (nSPS) is 13.4. The van der Waals surface area contributed by atoms with Crippen LogP contribution in [0, 0.1) is 5.92 Å². The molecular formula is C36H71N2+. The summed E-state index contributed by atoms with van der Waals surface area (Å²) in [7, 11) is 0. The highest BCUT2D eigenvalue weighted by Gasteiger charge is 2.27. The molecule has 0 aliphatic rings. The Hall–Kier alpha value is -0.790. The molecule has 0 fully saturated rings. The molecule has 0 aliphatic carbocycles. The zero-order chi connectivity index (χ0) is 27.7. The quantitative estimate of drug-likeness (QED) is 0.0819. The SMILES string of the molecule is CCCCCCCCCCCCCCCCCC(c1[nH]cc[n+]1C(C)CCCCCCCCCC)C(C)C. The Morgan fingerprint density at radius 1 is 0.526 bits per heavy atom. The first-order chi connectivity index (χ1) is 18.6. The standard InChI is InChI=1S/C36H70N2/c1-6-8-10-12-14-16-17-18-19-20-21-22-24-26-28-30-35(33(3)4)36-37-31-32-38(36)34(5)29-27-25-23-15-13-11-9-7-2/h31-35H,6-30H2,1-5H3/p+1. The molecule has 2 unspecified atom stereocenters. The highest BCUT2D eigenvalue weighted by molar-refractivity contribution is 4.92. The van der Waals surface area contributed by atoms with Crippen LogP contribution in [0.2, 0.25) is 0 Å². The van der Waals surface area contributed by atoms with E-state index in [0.717, 1.165) is 0 Å². The van der Waals surface area contributed by atoms with Crippen LogP contribution < -0.4 is 4.57 Å². The Kier molecular flexibility index (Phi) is 23.4. The van der Waals surface area contributed by atoms with Gasteiger partial charge in [0.15, 0.2) is 0 Å². The molecule has 2 atom stereocenters. The molecule has 0 saturated carbocycles. The van der Waals surface area contributed by atoms with Gasteiger partial charge in [0.2, 0.25) is 0 Å². The number of aromatic amines is 1. The van der Waals surface area contributed by atoms with Gasteiger partial charge in [0.05, 0.1) is 12.0 Å². The molecular weight excluding hydrogens is 460 g/mol. The molecule has 224 valence electrons. The molecule has 0 spiro atoms. The minimum Gasteiger partial charge on any atom is -0.247 e. The van der Waals surface area contributed by atoms with Gasteiger partial charge < -0.3 is 0 Å². The molecule has 0 amide bonds. The topological polar surface area (TPSA) is 19.7 Å². The zero-order valence-electron chi connectivity index (χ0n) is 27.0. The van der Waals surface area contributed by atoms with E-state index in [9.17, 15) is 0 Å². The van der Waals surface area contributed by atoms with Crippen LogP contribution in [-0.4, -0.2) is 4.98 Å². The number of unbranched alkanes of at least 4 members (excludes halogenated alkanes) is 21. The third-order valence-electron chi connectivity index (χ3n) is 8.97. The van der Waals surface area contributed by atoms with Gasteiger partial charge in [-0.1, -0.05) is 169 Å². The van der Waals surface area contributed by atoms with Crippen LogP contribution in [0.3, 0.4) is 0 Å². The molecule has 1 aromatic rings. The summed E-state index contributed by atoms with van der Waals surface area (Å²) in [4.78, 5) is 3.66. The number of hydrogen-bond donors (Lipinski definition) is 1. The molecule has 1 aromatic heterocycles. The van der Waals surface area contributed by atoms with Crippen molar-refractivity contribution >= 4 is 0 Å². The molecule has 0 saturated heterocycles. The highest BCUT2D eigenvalue weighted by atomic mass is 15.1. The highest BCUT2D eigenvalue weighted by Crippen LogP contribution is 2.28. The molecule has 2 heteroatoms. The summed E-state index contributed by atoms with van der Waals surface area (Å²) < 4.78 is 2.58. The van der Waals surface area contributed by atoms with Gasteiger partial charge in [-0.25, -0.2) is 9.55 Å². The molecule has 1 rings (SSSR count). The first kappa shape index (κ1) is 35.2. The van der Waals surface area contributed by atoms with E-state index in [4.69, 9.17) is 0 Å². The fourth-order valence-corrected chi connectivity index (χ4v) is 6.27. The third kappa shape index (κ3) is 17.7. The van der Waals surface area contributed by atoms with Crippen LogP contribution in [0.15, 0.2) is 12.4 Å². The average Bonchev–Trinajstić information content (AvgIpc) is 3.39. The van der Waals surface area contributed by atoms with Crippen LogP contribution in [0.25, 0.3) is 0 Å². The van der Waals surface area contributed by atoms with Crippen molar-refractivity contribution in [2.45, 2.75) is 207 Å². The Morgan fingerprint density at radius 3 is 1.29 bits per heavy atom. The lowest BCUT2D eigenvalue weighted by Crippen LogP contribution is -2.41. The molecule has 1 heterocycles. The van der Waals surface area contributed by atoms with Gasteiger partial charge in [-0.3, -0.25) is 0 Å². The Balaban J connectivity index is 2.16. The summed E-state index contributed by atoms with van der Waals surface area (Å²) in [6.45, 7) is 11.9. The minimum absolute atomic E-state index is 0.610. The van der Waals surface area contributed by atoms with E-state index >= 15 is 0 Å². The predicted molar refractivity (Wildman–Crippen MR) is 170 cm³/mol. The van der Waals surface area contributed by atoms with Crippen molar-refractivity contribution in [2.24, 2.45) is 5.92 Å².